The molecule has 0 radical (unpaired) electrons. The van der Waals surface area contributed by atoms with Crippen molar-refractivity contribution in [1.82, 2.24) is 19.6 Å². The Balaban J connectivity index is 1.46. The van der Waals surface area contributed by atoms with Gasteiger partial charge in [0.05, 0.1) is 31.5 Å². The lowest BCUT2D eigenvalue weighted by atomic mass is 9.96. The van der Waals surface area contributed by atoms with Crippen LogP contribution in [-0.2, 0) is 15.3 Å². The number of carbonyl (C=O) groups excluding carboxylic acids is 2. The highest BCUT2D eigenvalue weighted by molar-refractivity contribution is 8.00. The Kier molecular flexibility index (Phi) is 7.87. The van der Waals surface area contributed by atoms with Crippen LogP contribution in [0.3, 0.4) is 0 Å². The van der Waals surface area contributed by atoms with Gasteiger partial charge in [0.15, 0.2) is 21.6 Å². The Hall–Kier alpha value is -4.68. The lowest BCUT2D eigenvalue weighted by molar-refractivity contribution is -0.132. The van der Waals surface area contributed by atoms with E-state index in [1.165, 1.54) is 47.8 Å². The van der Waals surface area contributed by atoms with Crippen LogP contribution in [0.4, 0.5) is 5.13 Å². The molecule has 1 N–H and O–H groups in total. The fraction of sp³-hybridized carbons (Fsp3) is 0.219. The van der Waals surface area contributed by atoms with E-state index in [1.54, 1.807) is 25.1 Å². The highest BCUT2D eigenvalue weighted by Gasteiger charge is 2.49. The largest absolute Gasteiger partial charge is 0.505 e. The van der Waals surface area contributed by atoms with Gasteiger partial charge in [-0.25, -0.2) is 4.98 Å². The van der Waals surface area contributed by atoms with Crippen molar-refractivity contribution in [3.63, 3.8) is 0 Å². The SMILES string of the molecule is COc1ccc(C2C(=C(O)c3nc4c(C)cccn4c3C)C(=O)C(=O)N2c2nnc(SCc3ccc(C)cc3)s2)cc1OC. The van der Waals surface area contributed by atoms with Crippen molar-refractivity contribution in [2.24, 2.45) is 0 Å². The first-order valence-corrected chi connectivity index (χ1v) is 15.5. The topological polar surface area (TPSA) is 119 Å². The number of thioether (sulfide) groups is 1. The molecule has 1 amide bonds. The lowest BCUT2D eigenvalue weighted by Gasteiger charge is -2.23. The van der Waals surface area contributed by atoms with Gasteiger partial charge in [-0.1, -0.05) is 65.1 Å². The van der Waals surface area contributed by atoms with E-state index in [1.807, 2.05) is 36.6 Å². The van der Waals surface area contributed by atoms with Gasteiger partial charge in [-0.15, -0.1) is 10.2 Å². The van der Waals surface area contributed by atoms with E-state index in [0.717, 1.165) is 11.1 Å². The molecule has 4 heterocycles. The Morgan fingerprint density at radius 1 is 1.00 bits per heavy atom. The predicted octanol–water partition coefficient (Wildman–Crippen LogP) is 6.05. The molecule has 1 unspecified atom stereocenters. The minimum absolute atomic E-state index is 0.101. The Morgan fingerprint density at radius 3 is 2.45 bits per heavy atom. The average molecular weight is 628 g/mol. The van der Waals surface area contributed by atoms with E-state index in [4.69, 9.17) is 9.47 Å². The number of benzene rings is 2. The maximum Gasteiger partial charge on any atom is 0.301 e. The van der Waals surface area contributed by atoms with Crippen molar-refractivity contribution in [2.45, 2.75) is 36.9 Å². The number of anilines is 1. The number of aliphatic hydroxyl groups is 1. The molecule has 1 fully saturated rings. The third-order valence-electron chi connectivity index (χ3n) is 7.56. The number of rotatable bonds is 8. The molecule has 0 spiro atoms. The van der Waals surface area contributed by atoms with E-state index in [0.29, 0.717) is 38.5 Å². The van der Waals surface area contributed by atoms with Gasteiger partial charge in [0.2, 0.25) is 5.13 Å². The molecular formula is C32H29N5O5S2. The highest BCUT2D eigenvalue weighted by Crippen LogP contribution is 2.45. The molecule has 0 saturated carbocycles. The summed E-state index contributed by atoms with van der Waals surface area (Å²) in [6.07, 6.45) is 1.84. The van der Waals surface area contributed by atoms with Gasteiger partial charge < -0.3 is 19.0 Å². The van der Waals surface area contributed by atoms with Crippen LogP contribution < -0.4 is 14.4 Å². The molecule has 0 aliphatic carbocycles. The number of aliphatic hydroxyl groups excluding tert-OH is 1. The van der Waals surface area contributed by atoms with Crippen molar-refractivity contribution in [3.05, 3.63) is 100 Å². The summed E-state index contributed by atoms with van der Waals surface area (Å²) in [6.45, 7) is 5.76. The minimum atomic E-state index is -1.02. The van der Waals surface area contributed by atoms with Gasteiger partial charge in [0.25, 0.3) is 5.78 Å². The number of imidazole rings is 1. The minimum Gasteiger partial charge on any atom is -0.505 e. The Bertz CT molecular complexity index is 1950. The van der Waals surface area contributed by atoms with Crippen LogP contribution in [0.25, 0.3) is 11.4 Å². The summed E-state index contributed by atoms with van der Waals surface area (Å²) in [5.41, 5.74) is 5.11. The molecule has 1 saturated heterocycles. The van der Waals surface area contributed by atoms with Crippen molar-refractivity contribution in [2.75, 3.05) is 19.1 Å². The molecule has 1 aliphatic heterocycles. The highest BCUT2D eigenvalue weighted by atomic mass is 32.2. The number of ether oxygens (including phenoxy) is 2. The number of amides is 1. The molecule has 0 bridgehead atoms. The van der Waals surface area contributed by atoms with Crippen LogP contribution in [0, 0.1) is 20.8 Å². The van der Waals surface area contributed by atoms with Gasteiger partial charge in [-0.3, -0.25) is 14.5 Å². The molecule has 12 heteroatoms. The smallest absolute Gasteiger partial charge is 0.301 e. The number of carbonyl (C=O) groups is 2. The van der Waals surface area contributed by atoms with E-state index in [2.05, 4.69) is 39.4 Å². The van der Waals surface area contributed by atoms with Crippen LogP contribution in [0.15, 0.2) is 70.7 Å². The molecule has 5 aromatic rings. The number of hydrogen-bond acceptors (Lipinski definition) is 10. The number of Topliss-reactive ketones (excluding diaryl/α,β-unsaturated/α-hetero) is 1. The zero-order valence-electron chi connectivity index (χ0n) is 24.7. The average Bonchev–Trinajstić information content (AvgIpc) is 3.71. The molecule has 10 nitrogen and oxygen atoms in total. The molecule has 224 valence electrons. The number of aromatic nitrogens is 4. The summed E-state index contributed by atoms with van der Waals surface area (Å²) in [5.74, 6) is -0.494. The van der Waals surface area contributed by atoms with E-state index >= 15 is 0 Å². The molecule has 44 heavy (non-hydrogen) atoms. The maximum absolute atomic E-state index is 13.8. The van der Waals surface area contributed by atoms with Crippen molar-refractivity contribution >= 4 is 51.3 Å². The first kappa shape index (κ1) is 29.4. The summed E-state index contributed by atoms with van der Waals surface area (Å²) in [7, 11) is 3.03. The summed E-state index contributed by atoms with van der Waals surface area (Å²) < 4.78 is 13.4. The van der Waals surface area contributed by atoms with Gasteiger partial charge in [-0.2, -0.15) is 0 Å². The summed E-state index contributed by atoms with van der Waals surface area (Å²) in [5, 5.41) is 20.6. The fourth-order valence-electron chi connectivity index (χ4n) is 5.23. The van der Waals surface area contributed by atoms with Crippen LogP contribution >= 0.6 is 23.1 Å². The first-order valence-electron chi connectivity index (χ1n) is 13.7. The first-order chi connectivity index (χ1) is 21.2. The van der Waals surface area contributed by atoms with E-state index < -0.39 is 17.7 Å². The summed E-state index contributed by atoms with van der Waals surface area (Å²) in [6, 6.07) is 16.1. The Labute approximate surface area is 262 Å². The number of aryl methyl sites for hydroxylation is 3. The number of pyridine rings is 1. The molecule has 3 aromatic heterocycles. The monoisotopic (exact) mass is 627 g/mol. The lowest BCUT2D eigenvalue weighted by Crippen LogP contribution is -2.29. The predicted molar refractivity (Wildman–Crippen MR) is 170 cm³/mol. The quantitative estimate of drug-likeness (QED) is 0.0721. The molecular weight excluding hydrogens is 599 g/mol. The second-order valence-electron chi connectivity index (χ2n) is 10.3. The Morgan fingerprint density at radius 2 is 1.75 bits per heavy atom. The fourth-order valence-corrected chi connectivity index (χ4v) is 7.05. The standard InChI is InChI=1S/C32H29N5O5S2/c1-17-8-10-20(11-9-17)16-43-32-35-34-31(44-32)37-26(21-12-13-22(41-4)23(15-21)42-5)24(28(39)30(37)40)27(38)25-19(3)36-14-6-7-18(2)29(36)33-25/h6-15,26,38H,16H2,1-5H3. The van der Waals surface area contributed by atoms with Gasteiger partial charge in [0.1, 0.15) is 11.3 Å². The van der Waals surface area contributed by atoms with Crippen molar-refractivity contribution in [1.29, 1.82) is 0 Å². The number of nitrogens with zero attached hydrogens (tertiary/aromatic N) is 5. The van der Waals surface area contributed by atoms with Crippen molar-refractivity contribution in [3.8, 4) is 11.5 Å². The third kappa shape index (κ3) is 5.09. The molecule has 1 aliphatic rings. The second-order valence-corrected chi connectivity index (χ2v) is 12.5. The zero-order chi connectivity index (χ0) is 31.1. The van der Waals surface area contributed by atoms with Gasteiger partial charge >= 0.3 is 5.91 Å². The van der Waals surface area contributed by atoms with E-state index in [9.17, 15) is 14.7 Å². The third-order valence-corrected chi connectivity index (χ3v) is 9.69. The van der Waals surface area contributed by atoms with Gasteiger partial charge in [0, 0.05) is 11.9 Å². The van der Waals surface area contributed by atoms with Crippen LogP contribution in [0.5, 0.6) is 11.5 Å². The summed E-state index contributed by atoms with van der Waals surface area (Å²) in [4.78, 5) is 33.4. The molecule has 1 atom stereocenters. The summed E-state index contributed by atoms with van der Waals surface area (Å²) >= 11 is 2.70. The van der Waals surface area contributed by atoms with Crippen LogP contribution in [0.2, 0.25) is 0 Å². The van der Waals surface area contributed by atoms with Crippen molar-refractivity contribution < 1.29 is 24.2 Å². The van der Waals surface area contributed by atoms with Gasteiger partial charge in [-0.05, 0) is 55.7 Å². The number of ketones is 1. The number of methoxy groups -OCH3 is 2. The normalized spacial score (nSPS) is 16.2. The van der Waals surface area contributed by atoms with Crippen LogP contribution in [0.1, 0.15) is 39.7 Å². The second kappa shape index (κ2) is 11.8. The molecule has 2 aromatic carbocycles. The van der Waals surface area contributed by atoms with E-state index in [-0.39, 0.29) is 22.2 Å². The number of fused-ring (bicyclic) bond motifs is 1. The maximum atomic E-state index is 13.8. The zero-order valence-corrected chi connectivity index (χ0v) is 26.3. The molecule has 6 rings (SSSR count). The number of hydrogen-bond donors (Lipinski definition) is 1. The van der Waals surface area contributed by atoms with Crippen LogP contribution in [-0.4, -0.2) is 50.6 Å².